The van der Waals surface area contributed by atoms with Crippen LogP contribution in [-0.2, 0) is 14.8 Å². The van der Waals surface area contributed by atoms with Gasteiger partial charge in [0.15, 0.2) is 6.61 Å². The summed E-state index contributed by atoms with van der Waals surface area (Å²) in [5.41, 5.74) is 0.191. The van der Waals surface area contributed by atoms with Gasteiger partial charge in [-0.25, -0.2) is 12.8 Å². The topological polar surface area (TPSA) is 88.2 Å². The Hall–Kier alpha value is -2.40. The minimum absolute atomic E-state index is 0.0330. The van der Waals surface area contributed by atoms with Crippen molar-refractivity contribution in [3.05, 3.63) is 47.2 Å². The van der Waals surface area contributed by atoms with Crippen LogP contribution >= 0.6 is 11.6 Å². The molecule has 0 saturated carbocycles. The van der Waals surface area contributed by atoms with E-state index < -0.39 is 28.4 Å². The number of nitrogens with one attached hydrogen (secondary N) is 1. The summed E-state index contributed by atoms with van der Waals surface area (Å²) in [7, 11) is -0.370. The molecule has 0 aromatic heterocycles. The maximum atomic E-state index is 13.1. The molecule has 3 rings (SSSR count). The van der Waals surface area contributed by atoms with Crippen LogP contribution in [0.4, 0.5) is 10.1 Å². The van der Waals surface area contributed by atoms with Crippen LogP contribution in [0.3, 0.4) is 0 Å². The van der Waals surface area contributed by atoms with Crippen molar-refractivity contribution in [3.63, 3.8) is 0 Å². The molecule has 0 unspecified atom stereocenters. The maximum absolute atomic E-state index is 13.1. The first kappa shape index (κ1) is 23.3. The molecule has 1 N–H and O–H groups in total. The smallest absolute Gasteiger partial charge is 0.262 e. The molecule has 2 aromatic carbocycles. The molecule has 1 aliphatic heterocycles. The molecule has 11 heteroatoms. The average molecular weight is 472 g/mol. The fourth-order valence-corrected chi connectivity index (χ4v) is 4.72. The number of nitrogens with zero attached hydrogens (tertiary/aromatic N) is 2. The predicted molar refractivity (Wildman–Crippen MR) is 115 cm³/mol. The minimum atomic E-state index is -3.72. The van der Waals surface area contributed by atoms with Crippen LogP contribution < -0.4 is 14.8 Å². The summed E-state index contributed by atoms with van der Waals surface area (Å²) in [6.45, 7) is 1.64. The molecule has 1 amide bonds. The molecule has 0 spiro atoms. The van der Waals surface area contributed by atoms with E-state index in [4.69, 9.17) is 21.1 Å². The van der Waals surface area contributed by atoms with Gasteiger partial charge in [-0.1, -0.05) is 11.6 Å². The third kappa shape index (κ3) is 5.65. The maximum Gasteiger partial charge on any atom is 0.262 e. The summed E-state index contributed by atoms with van der Waals surface area (Å²) < 4.78 is 51.1. The summed E-state index contributed by atoms with van der Waals surface area (Å²) in [5.74, 6) is -0.639. The Morgan fingerprint density at radius 3 is 2.45 bits per heavy atom. The van der Waals surface area contributed by atoms with Gasteiger partial charge in [0.25, 0.3) is 5.91 Å². The Morgan fingerprint density at radius 2 is 1.81 bits per heavy atom. The van der Waals surface area contributed by atoms with Gasteiger partial charge in [-0.3, -0.25) is 4.79 Å². The number of rotatable bonds is 7. The highest BCUT2D eigenvalue weighted by atomic mass is 35.5. The second kappa shape index (κ2) is 9.82. The molecule has 31 heavy (non-hydrogen) atoms. The van der Waals surface area contributed by atoms with Gasteiger partial charge in [0, 0.05) is 26.2 Å². The lowest BCUT2D eigenvalue weighted by Crippen LogP contribution is -2.47. The van der Waals surface area contributed by atoms with E-state index in [2.05, 4.69) is 10.2 Å². The number of ether oxygens (including phenoxy) is 2. The van der Waals surface area contributed by atoms with E-state index in [-0.39, 0.29) is 21.4 Å². The molecule has 1 fully saturated rings. The number of hydrogen-bond acceptors (Lipinski definition) is 6. The lowest BCUT2D eigenvalue weighted by atomic mass is 10.3. The summed E-state index contributed by atoms with van der Waals surface area (Å²) in [6, 6.07) is 7.83. The highest BCUT2D eigenvalue weighted by molar-refractivity contribution is 7.89. The molecule has 0 radical (unpaired) electrons. The van der Waals surface area contributed by atoms with E-state index in [1.54, 1.807) is 0 Å². The zero-order valence-electron chi connectivity index (χ0n) is 17.1. The Bertz CT molecular complexity index is 1060. The number of piperazine rings is 1. The van der Waals surface area contributed by atoms with E-state index in [0.717, 1.165) is 12.1 Å². The molecule has 0 atom stereocenters. The van der Waals surface area contributed by atoms with Gasteiger partial charge >= 0.3 is 0 Å². The van der Waals surface area contributed by atoms with Crippen molar-refractivity contribution in [1.82, 2.24) is 9.21 Å². The number of sulfonamides is 1. The van der Waals surface area contributed by atoms with E-state index >= 15 is 0 Å². The molecule has 0 aliphatic carbocycles. The number of carbonyl (C=O) groups excluding carboxylic acids is 1. The molecular weight excluding hydrogens is 449 g/mol. The Morgan fingerprint density at radius 1 is 1.13 bits per heavy atom. The number of carbonyl (C=O) groups is 1. The van der Waals surface area contributed by atoms with Crippen LogP contribution in [0, 0.1) is 5.82 Å². The fraction of sp³-hybridized carbons (Fsp3) is 0.350. The standard InChI is InChI=1S/C20H23ClFN3O5S/c1-24-7-9-25(10-8-24)31(27,28)15-4-6-19(29-2)17(12-15)23-20(26)13-30-18-5-3-14(22)11-16(18)21/h3-6,11-12H,7-10,13H2,1-2H3,(H,23,26). The Kier molecular flexibility index (Phi) is 7.37. The molecule has 8 nitrogen and oxygen atoms in total. The van der Waals surface area contributed by atoms with Gasteiger partial charge in [0.05, 0.1) is 22.7 Å². The number of likely N-dealkylation sites (N-methyl/N-ethyl adjacent to an activating group) is 1. The lowest BCUT2D eigenvalue weighted by molar-refractivity contribution is -0.118. The number of methoxy groups -OCH3 is 1. The molecule has 1 saturated heterocycles. The third-order valence-electron chi connectivity index (χ3n) is 4.80. The highest BCUT2D eigenvalue weighted by Gasteiger charge is 2.28. The van der Waals surface area contributed by atoms with Crippen LogP contribution in [0.15, 0.2) is 41.3 Å². The van der Waals surface area contributed by atoms with E-state index in [1.165, 1.54) is 35.7 Å². The Labute approximate surface area is 185 Å². The molecule has 1 heterocycles. The number of halogens is 2. The molecule has 168 valence electrons. The summed E-state index contributed by atoms with van der Waals surface area (Å²) in [5, 5.41) is 2.62. The number of anilines is 1. The van der Waals surface area contributed by atoms with Gasteiger partial charge in [-0.15, -0.1) is 0 Å². The minimum Gasteiger partial charge on any atom is -0.495 e. The SMILES string of the molecule is COc1ccc(S(=O)(=O)N2CCN(C)CC2)cc1NC(=O)COc1ccc(F)cc1Cl. The predicted octanol–water partition coefficient (Wildman–Crippen LogP) is 2.44. The van der Waals surface area contributed by atoms with E-state index in [9.17, 15) is 17.6 Å². The van der Waals surface area contributed by atoms with Crippen LogP contribution in [-0.4, -0.2) is 70.5 Å². The quantitative estimate of drug-likeness (QED) is 0.667. The van der Waals surface area contributed by atoms with Gasteiger partial charge < -0.3 is 19.7 Å². The molecule has 2 aromatic rings. The summed E-state index contributed by atoms with van der Waals surface area (Å²) in [6.07, 6.45) is 0. The van der Waals surface area contributed by atoms with Crippen molar-refractivity contribution in [2.24, 2.45) is 0 Å². The van der Waals surface area contributed by atoms with Crippen LogP contribution in [0.2, 0.25) is 5.02 Å². The van der Waals surface area contributed by atoms with Crippen molar-refractivity contribution in [2.75, 3.05) is 52.3 Å². The van der Waals surface area contributed by atoms with Gasteiger partial charge in [-0.05, 0) is 43.4 Å². The summed E-state index contributed by atoms with van der Waals surface area (Å²) in [4.78, 5) is 14.5. The fourth-order valence-electron chi connectivity index (χ4n) is 3.04. The van der Waals surface area contributed by atoms with Gasteiger partial charge in [0.2, 0.25) is 10.0 Å². The van der Waals surface area contributed by atoms with E-state index in [0.29, 0.717) is 31.9 Å². The Balaban J connectivity index is 1.73. The number of amides is 1. The van der Waals surface area contributed by atoms with Crippen molar-refractivity contribution < 1.29 is 27.1 Å². The average Bonchev–Trinajstić information content (AvgIpc) is 2.73. The molecule has 0 bridgehead atoms. The van der Waals surface area contributed by atoms with Crippen molar-refractivity contribution >= 4 is 33.2 Å². The lowest BCUT2D eigenvalue weighted by Gasteiger charge is -2.31. The first-order valence-corrected chi connectivity index (χ1v) is 11.3. The largest absolute Gasteiger partial charge is 0.495 e. The monoisotopic (exact) mass is 471 g/mol. The first-order valence-electron chi connectivity index (χ1n) is 9.45. The van der Waals surface area contributed by atoms with E-state index in [1.807, 2.05) is 7.05 Å². The molecule has 1 aliphatic rings. The highest BCUT2D eigenvalue weighted by Crippen LogP contribution is 2.30. The van der Waals surface area contributed by atoms with Crippen molar-refractivity contribution in [2.45, 2.75) is 4.90 Å². The summed E-state index contributed by atoms with van der Waals surface area (Å²) >= 11 is 5.88. The first-order chi connectivity index (χ1) is 14.7. The normalized spacial score (nSPS) is 15.5. The van der Waals surface area contributed by atoms with Gasteiger partial charge in [0.1, 0.15) is 17.3 Å². The second-order valence-electron chi connectivity index (χ2n) is 6.98. The zero-order valence-corrected chi connectivity index (χ0v) is 18.7. The third-order valence-corrected chi connectivity index (χ3v) is 6.99. The van der Waals surface area contributed by atoms with Crippen molar-refractivity contribution in [1.29, 1.82) is 0 Å². The van der Waals surface area contributed by atoms with Crippen LogP contribution in [0.25, 0.3) is 0 Å². The number of hydrogen-bond donors (Lipinski definition) is 1. The van der Waals surface area contributed by atoms with Crippen LogP contribution in [0.1, 0.15) is 0 Å². The van der Waals surface area contributed by atoms with Gasteiger partial charge in [-0.2, -0.15) is 4.31 Å². The second-order valence-corrected chi connectivity index (χ2v) is 9.33. The van der Waals surface area contributed by atoms with Crippen molar-refractivity contribution in [3.8, 4) is 11.5 Å². The number of benzene rings is 2. The van der Waals surface area contributed by atoms with Crippen LogP contribution in [0.5, 0.6) is 11.5 Å². The zero-order chi connectivity index (χ0) is 22.6. The molecular formula is C20H23ClFN3O5S.